The van der Waals surface area contributed by atoms with Crippen LogP contribution in [0.4, 0.5) is 0 Å². The minimum absolute atomic E-state index is 0.360. The normalized spacial score (nSPS) is 10.0. The van der Waals surface area contributed by atoms with Gasteiger partial charge in [-0.3, -0.25) is 4.79 Å². The summed E-state index contributed by atoms with van der Waals surface area (Å²) < 4.78 is 0. The van der Waals surface area contributed by atoms with Crippen LogP contribution in [0, 0.1) is 0 Å². The van der Waals surface area contributed by atoms with Crippen LogP contribution in [0.1, 0.15) is 5.56 Å². The number of hydrogen-bond acceptors (Lipinski definition) is 1. The van der Waals surface area contributed by atoms with E-state index < -0.39 is 0 Å². The number of carbonyl (C=O) groups excluding carboxylic acids is 1. The topological polar surface area (TPSA) is 17.1 Å². The molecule has 0 amide bonds. The van der Waals surface area contributed by atoms with Crippen molar-refractivity contribution in [2.75, 3.05) is 0 Å². The van der Waals surface area contributed by atoms with E-state index >= 15 is 0 Å². The molecule has 0 fully saturated rings. The molecule has 1 aromatic carbocycles. The summed E-state index contributed by atoms with van der Waals surface area (Å²) >= 11 is 0. The van der Waals surface area contributed by atoms with Crippen molar-refractivity contribution in [1.29, 1.82) is 0 Å². The molecule has 1 nitrogen and oxygen atoms in total. The van der Waals surface area contributed by atoms with E-state index in [9.17, 15) is 4.79 Å². The molecule has 0 atom stereocenters. The molecule has 0 aliphatic carbocycles. The Morgan fingerprint density at radius 2 is 2.00 bits per heavy atom. The van der Waals surface area contributed by atoms with Gasteiger partial charge in [0.25, 0.3) is 0 Å². The van der Waals surface area contributed by atoms with Gasteiger partial charge in [0.2, 0.25) is 6.29 Å². The van der Waals surface area contributed by atoms with Crippen molar-refractivity contribution >= 4 is 12.4 Å². The third-order valence-electron chi connectivity index (χ3n) is 1.41. The van der Waals surface area contributed by atoms with Gasteiger partial charge in [0, 0.05) is 5.57 Å². The van der Waals surface area contributed by atoms with E-state index in [0.717, 1.165) is 5.56 Å². The van der Waals surface area contributed by atoms with Crippen LogP contribution >= 0.6 is 0 Å². The van der Waals surface area contributed by atoms with Crippen molar-refractivity contribution in [3.05, 3.63) is 54.1 Å². The first kappa shape index (κ1) is 8.47. The molecule has 1 heteroatoms. The first-order chi connectivity index (χ1) is 5.83. The molecular formula is C11H9O. The second-order valence-corrected chi connectivity index (χ2v) is 2.37. The lowest BCUT2D eigenvalue weighted by Gasteiger charge is -1.89. The van der Waals surface area contributed by atoms with Crippen LogP contribution in [-0.4, -0.2) is 6.29 Å². The highest BCUT2D eigenvalue weighted by Crippen LogP contribution is 2.02. The van der Waals surface area contributed by atoms with E-state index in [1.807, 2.05) is 36.4 Å². The smallest absolute Gasteiger partial charge is 0.232 e. The van der Waals surface area contributed by atoms with Crippen molar-refractivity contribution < 1.29 is 4.79 Å². The summed E-state index contributed by atoms with van der Waals surface area (Å²) in [5.74, 6) is 0. The van der Waals surface area contributed by atoms with Crippen molar-refractivity contribution in [2.45, 2.75) is 0 Å². The van der Waals surface area contributed by atoms with Gasteiger partial charge in [-0.2, -0.15) is 0 Å². The maximum atomic E-state index is 10.1. The molecule has 0 aliphatic rings. The molecule has 0 heterocycles. The van der Waals surface area contributed by atoms with E-state index in [1.54, 1.807) is 12.4 Å². The number of rotatable bonds is 3. The second-order valence-electron chi connectivity index (χ2n) is 2.37. The van der Waals surface area contributed by atoms with Crippen LogP contribution in [-0.2, 0) is 4.79 Å². The number of allylic oxidation sites excluding steroid dienone is 2. The molecule has 0 unspecified atom stereocenters. The SMILES string of the molecule is C=C([C]=O)C=Cc1ccccc1. The van der Waals surface area contributed by atoms with Gasteiger partial charge in [-0.1, -0.05) is 49.1 Å². The molecule has 59 valence electrons. The summed E-state index contributed by atoms with van der Waals surface area (Å²) in [6, 6.07) is 9.72. The van der Waals surface area contributed by atoms with Crippen molar-refractivity contribution in [1.82, 2.24) is 0 Å². The van der Waals surface area contributed by atoms with Gasteiger partial charge in [0.15, 0.2) is 0 Å². The monoisotopic (exact) mass is 157 g/mol. The summed E-state index contributed by atoms with van der Waals surface area (Å²) in [4.78, 5) is 10.1. The van der Waals surface area contributed by atoms with Gasteiger partial charge in [0.05, 0.1) is 0 Å². The summed E-state index contributed by atoms with van der Waals surface area (Å²) in [5, 5.41) is 0. The molecule has 0 N–H and O–H groups in total. The Hall–Kier alpha value is -1.63. The Morgan fingerprint density at radius 1 is 1.33 bits per heavy atom. The van der Waals surface area contributed by atoms with Gasteiger partial charge in [-0.25, -0.2) is 0 Å². The maximum absolute atomic E-state index is 10.1. The minimum atomic E-state index is 0.360. The van der Waals surface area contributed by atoms with E-state index in [4.69, 9.17) is 0 Å². The zero-order valence-corrected chi connectivity index (χ0v) is 6.66. The summed E-state index contributed by atoms with van der Waals surface area (Å²) in [7, 11) is 0. The summed E-state index contributed by atoms with van der Waals surface area (Å²) in [6.45, 7) is 3.48. The molecule has 1 radical (unpaired) electrons. The van der Waals surface area contributed by atoms with Gasteiger partial charge in [0.1, 0.15) is 0 Å². The maximum Gasteiger partial charge on any atom is 0.232 e. The molecule has 0 spiro atoms. The summed E-state index contributed by atoms with van der Waals surface area (Å²) in [5.41, 5.74) is 1.41. The lowest BCUT2D eigenvalue weighted by molar-refractivity contribution is 0.563. The van der Waals surface area contributed by atoms with Crippen molar-refractivity contribution in [3.63, 3.8) is 0 Å². The van der Waals surface area contributed by atoms with E-state index in [2.05, 4.69) is 6.58 Å². The Balaban J connectivity index is 2.70. The number of hydrogen-bond donors (Lipinski definition) is 0. The Kier molecular flexibility index (Phi) is 3.03. The fraction of sp³-hybridized carbons (Fsp3) is 0. The van der Waals surface area contributed by atoms with Gasteiger partial charge in [-0.05, 0) is 5.56 Å². The highest BCUT2D eigenvalue weighted by atomic mass is 16.1. The van der Waals surface area contributed by atoms with Crippen molar-refractivity contribution in [3.8, 4) is 0 Å². The molecule has 0 aromatic heterocycles. The lowest BCUT2D eigenvalue weighted by Crippen LogP contribution is -1.74. The van der Waals surface area contributed by atoms with Crippen LogP contribution < -0.4 is 0 Å². The van der Waals surface area contributed by atoms with Gasteiger partial charge < -0.3 is 0 Å². The minimum Gasteiger partial charge on any atom is -0.285 e. The van der Waals surface area contributed by atoms with Crippen LogP contribution in [0.25, 0.3) is 6.08 Å². The highest BCUT2D eigenvalue weighted by molar-refractivity contribution is 5.79. The van der Waals surface area contributed by atoms with Gasteiger partial charge >= 0.3 is 0 Å². The zero-order valence-electron chi connectivity index (χ0n) is 6.66. The Labute approximate surface area is 72.0 Å². The lowest BCUT2D eigenvalue weighted by atomic mass is 10.2. The van der Waals surface area contributed by atoms with E-state index in [-0.39, 0.29) is 0 Å². The Bertz CT molecular complexity index is 296. The van der Waals surface area contributed by atoms with E-state index in [0.29, 0.717) is 5.57 Å². The summed E-state index contributed by atoms with van der Waals surface area (Å²) in [6.07, 6.45) is 5.17. The fourth-order valence-electron chi connectivity index (χ4n) is 0.795. The van der Waals surface area contributed by atoms with E-state index in [1.165, 1.54) is 0 Å². The largest absolute Gasteiger partial charge is 0.285 e. The third kappa shape index (κ3) is 2.54. The molecule has 1 rings (SSSR count). The first-order valence-corrected chi connectivity index (χ1v) is 3.63. The predicted octanol–water partition coefficient (Wildman–Crippen LogP) is 2.37. The zero-order chi connectivity index (χ0) is 8.81. The quantitative estimate of drug-likeness (QED) is 0.486. The second kappa shape index (κ2) is 4.29. The van der Waals surface area contributed by atoms with Crippen LogP contribution in [0.5, 0.6) is 0 Å². The van der Waals surface area contributed by atoms with Gasteiger partial charge in [-0.15, -0.1) is 0 Å². The molecular weight excluding hydrogens is 148 g/mol. The standard InChI is InChI=1S/C11H9O/c1-10(9-12)7-8-11-5-3-2-4-6-11/h2-8H,1H2. The molecule has 1 aromatic rings. The molecule has 0 aliphatic heterocycles. The van der Waals surface area contributed by atoms with Crippen molar-refractivity contribution in [2.24, 2.45) is 0 Å². The molecule has 0 bridgehead atoms. The fourth-order valence-corrected chi connectivity index (χ4v) is 0.795. The molecule has 0 saturated carbocycles. The Morgan fingerprint density at radius 3 is 2.58 bits per heavy atom. The predicted molar refractivity (Wildman–Crippen MR) is 50.3 cm³/mol. The van der Waals surface area contributed by atoms with Crippen LogP contribution in [0.15, 0.2) is 48.6 Å². The molecule has 0 saturated heterocycles. The average molecular weight is 157 g/mol. The highest BCUT2D eigenvalue weighted by Gasteiger charge is 1.84. The first-order valence-electron chi connectivity index (χ1n) is 3.63. The third-order valence-corrected chi connectivity index (χ3v) is 1.41. The number of benzene rings is 1. The average Bonchev–Trinajstić information content (AvgIpc) is 2.16. The molecule has 12 heavy (non-hydrogen) atoms. The van der Waals surface area contributed by atoms with Crippen LogP contribution in [0.2, 0.25) is 0 Å². The van der Waals surface area contributed by atoms with Crippen LogP contribution in [0.3, 0.4) is 0 Å².